The Balaban J connectivity index is 3.44. The molecule has 1 aromatic rings. The first-order valence-electron chi connectivity index (χ1n) is 7.66. The lowest BCUT2D eigenvalue weighted by molar-refractivity contribution is -0.385. The second-order valence-electron chi connectivity index (χ2n) is 6.36. The summed E-state index contributed by atoms with van der Waals surface area (Å²) in [4.78, 5) is 19.6. The molecule has 0 saturated carbocycles. The zero-order chi connectivity index (χ0) is 16.9. The minimum absolute atomic E-state index is 0.0394. The zero-order valence-electron chi connectivity index (χ0n) is 14.3. The van der Waals surface area contributed by atoms with Crippen molar-refractivity contribution in [2.24, 2.45) is 0 Å². The molecule has 0 bridgehead atoms. The summed E-state index contributed by atoms with van der Waals surface area (Å²) in [6.07, 6.45) is 1.58. The van der Waals surface area contributed by atoms with Crippen LogP contribution in [0.1, 0.15) is 60.2 Å². The van der Waals surface area contributed by atoms with Crippen LogP contribution in [0.4, 0.5) is 11.5 Å². The Morgan fingerprint density at radius 1 is 1.32 bits per heavy atom. The van der Waals surface area contributed by atoms with Gasteiger partial charge in [-0.3, -0.25) is 10.1 Å². The molecule has 1 N–H and O–H groups in total. The molecule has 1 unspecified atom stereocenters. The molecule has 7 nitrogen and oxygen atoms in total. The molecule has 1 rings (SSSR count). The van der Waals surface area contributed by atoms with E-state index in [1.807, 2.05) is 41.5 Å². The van der Waals surface area contributed by atoms with E-state index in [1.165, 1.54) is 0 Å². The SMILES string of the molecule is CCCOc1nc(C(C)(C)C)nc(NC(C)CC)c1[N+](=O)[O-]. The van der Waals surface area contributed by atoms with E-state index in [-0.39, 0.29) is 28.8 Å². The predicted octanol–water partition coefficient (Wildman–Crippen LogP) is 3.68. The molecular formula is C15H26N4O3. The summed E-state index contributed by atoms with van der Waals surface area (Å²) in [5, 5.41) is 14.5. The van der Waals surface area contributed by atoms with Gasteiger partial charge in [0, 0.05) is 11.5 Å². The van der Waals surface area contributed by atoms with Crippen molar-refractivity contribution in [3.63, 3.8) is 0 Å². The van der Waals surface area contributed by atoms with Gasteiger partial charge in [-0.1, -0.05) is 34.6 Å². The molecule has 0 aromatic carbocycles. The Hall–Kier alpha value is -1.92. The third-order valence-corrected chi connectivity index (χ3v) is 3.14. The van der Waals surface area contributed by atoms with Gasteiger partial charge in [0.15, 0.2) is 0 Å². The molecular weight excluding hydrogens is 284 g/mol. The summed E-state index contributed by atoms with van der Waals surface area (Å²) < 4.78 is 5.51. The van der Waals surface area contributed by atoms with Crippen LogP contribution in [-0.4, -0.2) is 27.5 Å². The number of hydrogen-bond donors (Lipinski definition) is 1. The zero-order valence-corrected chi connectivity index (χ0v) is 14.3. The summed E-state index contributed by atoms with van der Waals surface area (Å²) in [6, 6.07) is 0.0699. The Morgan fingerprint density at radius 2 is 1.95 bits per heavy atom. The normalized spacial score (nSPS) is 12.8. The van der Waals surface area contributed by atoms with Crippen LogP contribution in [-0.2, 0) is 5.41 Å². The molecule has 0 aliphatic carbocycles. The molecule has 124 valence electrons. The average Bonchev–Trinajstić information content (AvgIpc) is 2.42. The number of nitrogens with zero attached hydrogens (tertiary/aromatic N) is 3. The lowest BCUT2D eigenvalue weighted by Gasteiger charge is -2.20. The van der Waals surface area contributed by atoms with E-state index in [0.29, 0.717) is 12.4 Å². The molecule has 22 heavy (non-hydrogen) atoms. The van der Waals surface area contributed by atoms with Gasteiger partial charge in [0.1, 0.15) is 5.82 Å². The van der Waals surface area contributed by atoms with E-state index < -0.39 is 4.92 Å². The fourth-order valence-corrected chi connectivity index (χ4v) is 1.67. The van der Waals surface area contributed by atoms with Gasteiger partial charge in [0.05, 0.1) is 11.5 Å². The monoisotopic (exact) mass is 310 g/mol. The van der Waals surface area contributed by atoms with Gasteiger partial charge < -0.3 is 10.1 Å². The number of rotatable bonds is 7. The number of nitrogens with one attached hydrogen (secondary N) is 1. The number of hydrogen-bond acceptors (Lipinski definition) is 6. The number of ether oxygens (including phenoxy) is 1. The second-order valence-corrected chi connectivity index (χ2v) is 6.36. The topological polar surface area (TPSA) is 90.2 Å². The van der Waals surface area contributed by atoms with Crippen LogP contribution in [0.5, 0.6) is 5.88 Å². The van der Waals surface area contributed by atoms with Gasteiger partial charge in [-0.05, 0) is 19.8 Å². The number of nitro groups is 1. The maximum atomic E-state index is 11.4. The highest BCUT2D eigenvalue weighted by Gasteiger charge is 2.30. The largest absolute Gasteiger partial charge is 0.473 e. The van der Waals surface area contributed by atoms with E-state index in [4.69, 9.17) is 4.74 Å². The van der Waals surface area contributed by atoms with E-state index >= 15 is 0 Å². The highest BCUT2D eigenvalue weighted by Crippen LogP contribution is 2.35. The van der Waals surface area contributed by atoms with Crippen molar-refractivity contribution in [2.45, 2.75) is 65.8 Å². The maximum absolute atomic E-state index is 11.4. The number of anilines is 1. The van der Waals surface area contributed by atoms with Gasteiger partial charge in [-0.15, -0.1) is 0 Å². The molecule has 0 aliphatic rings. The van der Waals surface area contributed by atoms with E-state index in [2.05, 4.69) is 15.3 Å². The molecule has 0 saturated heterocycles. The molecule has 1 aromatic heterocycles. The fourth-order valence-electron chi connectivity index (χ4n) is 1.67. The molecule has 1 heterocycles. The van der Waals surface area contributed by atoms with Crippen LogP contribution < -0.4 is 10.1 Å². The Morgan fingerprint density at radius 3 is 2.41 bits per heavy atom. The summed E-state index contributed by atoms with van der Waals surface area (Å²) in [5.74, 6) is 0.790. The van der Waals surface area contributed by atoms with Crippen LogP contribution in [0.15, 0.2) is 0 Å². The minimum atomic E-state index is -0.484. The second kappa shape index (κ2) is 7.38. The van der Waals surface area contributed by atoms with Crippen molar-refractivity contribution in [3.05, 3.63) is 15.9 Å². The van der Waals surface area contributed by atoms with Gasteiger partial charge in [-0.25, -0.2) is 4.98 Å². The first kappa shape index (κ1) is 18.1. The smallest absolute Gasteiger partial charge is 0.372 e. The van der Waals surface area contributed by atoms with Crippen molar-refractivity contribution in [1.29, 1.82) is 0 Å². The molecule has 0 fully saturated rings. The van der Waals surface area contributed by atoms with Crippen molar-refractivity contribution in [2.75, 3.05) is 11.9 Å². The lowest BCUT2D eigenvalue weighted by Crippen LogP contribution is -2.22. The highest BCUT2D eigenvalue weighted by atomic mass is 16.6. The first-order valence-corrected chi connectivity index (χ1v) is 7.66. The van der Waals surface area contributed by atoms with E-state index in [9.17, 15) is 10.1 Å². The minimum Gasteiger partial charge on any atom is -0.473 e. The number of aromatic nitrogens is 2. The highest BCUT2D eigenvalue weighted by molar-refractivity contribution is 5.62. The summed E-state index contributed by atoms with van der Waals surface area (Å²) in [6.45, 7) is 12.2. The lowest BCUT2D eigenvalue weighted by atomic mass is 9.95. The van der Waals surface area contributed by atoms with Crippen molar-refractivity contribution in [1.82, 2.24) is 9.97 Å². The molecule has 0 amide bonds. The van der Waals surface area contributed by atoms with Crippen LogP contribution in [0.25, 0.3) is 0 Å². The van der Waals surface area contributed by atoms with Gasteiger partial charge in [-0.2, -0.15) is 4.98 Å². The fraction of sp³-hybridized carbons (Fsp3) is 0.733. The first-order chi connectivity index (χ1) is 10.2. The Kier molecular flexibility index (Phi) is 6.08. The van der Waals surface area contributed by atoms with E-state index in [1.54, 1.807) is 0 Å². The Labute approximate surface area is 131 Å². The van der Waals surface area contributed by atoms with Crippen LogP contribution >= 0.6 is 0 Å². The molecule has 0 radical (unpaired) electrons. The summed E-state index contributed by atoms with van der Waals surface area (Å²) in [5.41, 5.74) is -0.521. The third-order valence-electron chi connectivity index (χ3n) is 3.14. The van der Waals surface area contributed by atoms with Crippen molar-refractivity contribution < 1.29 is 9.66 Å². The van der Waals surface area contributed by atoms with Crippen LogP contribution in [0.3, 0.4) is 0 Å². The molecule has 1 atom stereocenters. The van der Waals surface area contributed by atoms with Crippen LogP contribution in [0.2, 0.25) is 0 Å². The Bertz CT molecular complexity index is 526. The van der Waals surface area contributed by atoms with Crippen molar-refractivity contribution >= 4 is 11.5 Å². The molecule has 0 aliphatic heterocycles. The van der Waals surface area contributed by atoms with Gasteiger partial charge in [0.25, 0.3) is 5.88 Å². The average molecular weight is 310 g/mol. The summed E-state index contributed by atoms with van der Waals surface area (Å²) in [7, 11) is 0. The van der Waals surface area contributed by atoms with Crippen LogP contribution in [0, 0.1) is 10.1 Å². The van der Waals surface area contributed by atoms with Gasteiger partial charge in [0.2, 0.25) is 5.82 Å². The van der Waals surface area contributed by atoms with Gasteiger partial charge >= 0.3 is 5.69 Å². The standard InChI is InChI=1S/C15H26N4O3/c1-7-9-22-13-11(19(20)21)12(16-10(3)8-2)17-14(18-13)15(4,5)6/h10H,7-9H2,1-6H3,(H,16,17,18). The molecule has 0 spiro atoms. The third kappa shape index (κ3) is 4.54. The van der Waals surface area contributed by atoms with E-state index in [0.717, 1.165) is 12.8 Å². The summed E-state index contributed by atoms with van der Waals surface area (Å²) >= 11 is 0. The molecule has 7 heteroatoms. The predicted molar refractivity (Wildman–Crippen MR) is 86.5 cm³/mol. The van der Waals surface area contributed by atoms with Crippen molar-refractivity contribution in [3.8, 4) is 5.88 Å². The maximum Gasteiger partial charge on any atom is 0.372 e. The quantitative estimate of drug-likeness (QED) is 0.610.